The molecule has 7 heteroatoms. The summed E-state index contributed by atoms with van der Waals surface area (Å²) in [5, 5.41) is 5.63. The van der Waals surface area contributed by atoms with Gasteiger partial charge in [-0.2, -0.15) is 0 Å². The molecule has 1 saturated heterocycles. The van der Waals surface area contributed by atoms with E-state index in [-0.39, 0.29) is 30.6 Å². The van der Waals surface area contributed by atoms with Gasteiger partial charge in [0.05, 0.1) is 12.2 Å². The number of rotatable bonds is 9. The van der Waals surface area contributed by atoms with Gasteiger partial charge in [0.15, 0.2) is 0 Å². The molecule has 1 heterocycles. The zero-order valence-corrected chi connectivity index (χ0v) is 18.0. The molecular formula is C22H35N3O4. The minimum atomic E-state index is -0.623. The molecule has 0 saturated carbocycles. The van der Waals surface area contributed by atoms with E-state index in [1.165, 1.54) is 0 Å². The van der Waals surface area contributed by atoms with Crippen molar-refractivity contribution in [3.05, 3.63) is 35.9 Å². The first-order valence-electron chi connectivity index (χ1n) is 10.5. The third-order valence-corrected chi connectivity index (χ3v) is 4.88. The van der Waals surface area contributed by atoms with Crippen LogP contribution in [0.25, 0.3) is 0 Å². The Bertz CT molecular complexity index is 628. The predicted molar refractivity (Wildman–Crippen MR) is 112 cm³/mol. The summed E-state index contributed by atoms with van der Waals surface area (Å²) in [7, 11) is 0. The summed E-state index contributed by atoms with van der Waals surface area (Å²) in [4.78, 5) is 27.0. The summed E-state index contributed by atoms with van der Waals surface area (Å²) in [6.45, 7) is 11.5. The highest BCUT2D eigenvalue weighted by Gasteiger charge is 2.25. The molecule has 7 nitrogen and oxygen atoms in total. The van der Waals surface area contributed by atoms with E-state index in [9.17, 15) is 9.59 Å². The largest absolute Gasteiger partial charge is 0.445 e. The molecule has 29 heavy (non-hydrogen) atoms. The van der Waals surface area contributed by atoms with Crippen LogP contribution in [-0.2, 0) is 20.9 Å². The Morgan fingerprint density at radius 2 is 1.83 bits per heavy atom. The normalized spacial score (nSPS) is 20.9. The first kappa shape index (κ1) is 23.2. The van der Waals surface area contributed by atoms with E-state index in [0.717, 1.165) is 31.6 Å². The monoisotopic (exact) mass is 405 g/mol. The van der Waals surface area contributed by atoms with Gasteiger partial charge in [-0.05, 0) is 31.7 Å². The van der Waals surface area contributed by atoms with Gasteiger partial charge in [0, 0.05) is 26.2 Å². The average molecular weight is 406 g/mol. The molecule has 1 aliphatic heterocycles. The van der Waals surface area contributed by atoms with E-state index in [1.54, 1.807) is 0 Å². The number of alkyl carbamates (subject to hydrolysis) is 1. The molecule has 2 N–H and O–H groups in total. The molecule has 1 aromatic carbocycles. The molecule has 0 radical (unpaired) electrons. The van der Waals surface area contributed by atoms with Crippen LogP contribution in [0.2, 0.25) is 0 Å². The molecular weight excluding hydrogens is 370 g/mol. The standard InChI is InChI=1S/C22H35N3O4/c1-16(2)20(24-22(27)28-15-19-9-6-5-7-10-19)21(26)23-11-8-12-25-13-17(3)29-18(4)14-25/h5-7,9-10,16-18,20H,8,11-15H2,1-4H3,(H,23,26)(H,24,27)/t17?,18?,20-/m0/s1. The molecule has 1 aromatic rings. The number of nitrogens with zero attached hydrogens (tertiary/aromatic N) is 1. The molecule has 2 unspecified atom stereocenters. The fourth-order valence-electron chi connectivity index (χ4n) is 3.52. The van der Waals surface area contributed by atoms with Crippen molar-refractivity contribution in [3.8, 4) is 0 Å². The second-order valence-corrected chi connectivity index (χ2v) is 8.09. The van der Waals surface area contributed by atoms with E-state index < -0.39 is 12.1 Å². The van der Waals surface area contributed by atoms with Crippen LogP contribution in [0.3, 0.4) is 0 Å². The third-order valence-electron chi connectivity index (χ3n) is 4.88. The second kappa shape index (κ2) is 11.8. The number of amides is 2. The van der Waals surface area contributed by atoms with Gasteiger partial charge in [-0.1, -0.05) is 44.2 Å². The van der Waals surface area contributed by atoms with Gasteiger partial charge in [0.1, 0.15) is 12.6 Å². The molecule has 2 rings (SSSR count). The van der Waals surface area contributed by atoms with Gasteiger partial charge in [-0.3, -0.25) is 9.69 Å². The molecule has 0 bridgehead atoms. The molecule has 1 fully saturated rings. The van der Waals surface area contributed by atoms with E-state index in [2.05, 4.69) is 29.4 Å². The quantitative estimate of drug-likeness (QED) is 0.617. The van der Waals surface area contributed by atoms with Gasteiger partial charge in [0.25, 0.3) is 0 Å². The lowest BCUT2D eigenvalue weighted by molar-refractivity contribution is -0.124. The number of hydrogen-bond donors (Lipinski definition) is 2. The summed E-state index contributed by atoms with van der Waals surface area (Å²) in [6.07, 6.45) is 0.752. The highest BCUT2D eigenvalue weighted by molar-refractivity contribution is 5.85. The van der Waals surface area contributed by atoms with Gasteiger partial charge in [-0.25, -0.2) is 4.79 Å². The third kappa shape index (κ3) is 8.41. The maximum absolute atomic E-state index is 12.5. The summed E-state index contributed by atoms with van der Waals surface area (Å²) >= 11 is 0. The minimum Gasteiger partial charge on any atom is -0.445 e. The van der Waals surface area contributed by atoms with Crippen LogP contribution in [0.5, 0.6) is 0 Å². The first-order chi connectivity index (χ1) is 13.8. The Kier molecular flexibility index (Phi) is 9.41. The molecule has 3 atom stereocenters. The highest BCUT2D eigenvalue weighted by atomic mass is 16.5. The number of carbonyl (C=O) groups is 2. The van der Waals surface area contributed by atoms with Crippen molar-refractivity contribution in [1.29, 1.82) is 0 Å². The number of hydrogen-bond acceptors (Lipinski definition) is 5. The zero-order chi connectivity index (χ0) is 21.2. The second-order valence-electron chi connectivity index (χ2n) is 8.09. The predicted octanol–water partition coefficient (Wildman–Crippen LogP) is 2.55. The fraction of sp³-hybridized carbons (Fsp3) is 0.636. The Hall–Kier alpha value is -2.12. The summed E-state index contributed by atoms with van der Waals surface area (Å²) in [5.74, 6) is -0.222. The maximum atomic E-state index is 12.5. The van der Waals surface area contributed by atoms with E-state index in [4.69, 9.17) is 9.47 Å². The van der Waals surface area contributed by atoms with Gasteiger partial charge in [0.2, 0.25) is 5.91 Å². The summed E-state index contributed by atoms with van der Waals surface area (Å²) in [5.41, 5.74) is 0.903. The molecule has 1 aliphatic rings. The number of morpholine rings is 1. The Morgan fingerprint density at radius 1 is 1.17 bits per heavy atom. The van der Waals surface area contributed by atoms with Crippen LogP contribution in [0.15, 0.2) is 30.3 Å². The van der Waals surface area contributed by atoms with Crippen molar-refractivity contribution in [1.82, 2.24) is 15.5 Å². The van der Waals surface area contributed by atoms with Crippen molar-refractivity contribution >= 4 is 12.0 Å². The number of ether oxygens (including phenoxy) is 2. The molecule has 0 aromatic heterocycles. The first-order valence-corrected chi connectivity index (χ1v) is 10.5. The maximum Gasteiger partial charge on any atom is 0.408 e. The van der Waals surface area contributed by atoms with Crippen molar-refractivity contribution in [2.24, 2.45) is 5.92 Å². The lowest BCUT2D eigenvalue weighted by Gasteiger charge is -2.35. The minimum absolute atomic E-state index is 0.0415. The molecule has 0 spiro atoms. The van der Waals surface area contributed by atoms with Gasteiger partial charge < -0.3 is 20.1 Å². The average Bonchev–Trinajstić information content (AvgIpc) is 2.67. The highest BCUT2D eigenvalue weighted by Crippen LogP contribution is 2.10. The van der Waals surface area contributed by atoms with Gasteiger partial charge in [-0.15, -0.1) is 0 Å². The van der Waals surface area contributed by atoms with Crippen LogP contribution < -0.4 is 10.6 Å². The lowest BCUT2D eigenvalue weighted by Crippen LogP contribution is -2.50. The summed E-state index contributed by atoms with van der Waals surface area (Å²) in [6, 6.07) is 8.83. The van der Waals surface area contributed by atoms with E-state index in [0.29, 0.717) is 6.54 Å². The van der Waals surface area contributed by atoms with Crippen molar-refractivity contribution < 1.29 is 19.1 Å². The van der Waals surface area contributed by atoms with Crippen LogP contribution >= 0.6 is 0 Å². The number of benzene rings is 1. The van der Waals surface area contributed by atoms with Crippen LogP contribution in [-0.4, -0.2) is 61.3 Å². The van der Waals surface area contributed by atoms with Crippen LogP contribution in [0, 0.1) is 5.92 Å². The van der Waals surface area contributed by atoms with Crippen molar-refractivity contribution in [3.63, 3.8) is 0 Å². The van der Waals surface area contributed by atoms with Gasteiger partial charge >= 0.3 is 6.09 Å². The number of carbonyl (C=O) groups excluding carboxylic acids is 2. The Balaban J connectivity index is 1.70. The summed E-state index contributed by atoms with van der Waals surface area (Å²) < 4.78 is 11.0. The Labute approximate surface area is 174 Å². The van der Waals surface area contributed by atoms with Crippen LogP contribution in [0.1, 0.15) is 39.7 Å². The number of nitrogens with one attached hydrogen (secondary N) is 2. The smallest absolute Gasteiger partial charge is 0.408 e. The molecule has 162 valence electrons. The van der Waals surface area contributed by atoms with Crippen molar-refractivity contribution in [2.45, 2.75) is 59.0 Å². The SMILES string of the molecule is CC1CN(CCCNC(=O)[C@@H](NC(=O)OCc2ccccc2)C(C)C)CC(C)O1. The van der Waals surface area contributed by atoms with Crippen LogP contribution in [0.4, 0.5) is 4.79 Å². The van der Waals surface area contributed by atoms with E-state index >= 15 is 0 Å². The lowest BCUT2D eigenvalue weighted by atomic mass is 10.0. The van der Waals surface area contributed by atoms with Crippen molar-refractivity contribution in [2.75, 3.05) is 26.2 Å². The zero-order valence-electron chi connectivity index (χ0n) is 18.0. The molecule has 0 aliphatic carbocycles. The van der Waals surface area contributed by atoms with E-state index in [1.807, 2.05) is 44.2 Å². The Morgan fingerprint density at radius 3 is 2.45 bits per heavy atom. The fourth-order valence-corrected chi connectivity index (χ4v) is 3.52. The topological polar surface area (TPSA) is 79.9 Å². The molecule has 2 amide bonds.